The van der Waals surface area contributed by atoms with Crippen molar-refractivity contribution in [3.8, 4) is 0 Å². The molecule has 2 aliphatic rings. The molecule has 0 aromatic carbocycles. The van der Waals surface area contributed by atoms with Gasteiger partial charge in [-0.1, -0.05) is 0 Å². The number of piperazine rings is 2. The molecule has 2 heterocycles. The minimum absolute atomic E-state index is 0.0300. The SMILES string of the molecule is C[C@H]1CN[C@]2(C)NCCN[C@]2(C)N1. The van der Waals surface area contributed by atoms with Crippen LogP contribution < -0.4 is 21.3 Å². The second kappa shape index (κ2) is 2.92. The third kappa shape index (κ3) is 1.38. The van der Waals surface area contributed by atoms with E-state index in [1.54, 1.807) is 0 Å². The summed E-state index contributed by atoms with van der Waals surface area (Å²) in [6, 6.07) is 0.519. The summed E-state index contributed by atoms with van der Waals surface area (Å²) in [5.74, 6) is 0. The lowest BCUT2D eigenvalue weighted by Crippen LogP contribution is -2.86. The van der Waals surface area contributed by atoms with Gasteiger partial charge in [-0.2, -0.15) is 0 Å². The van der Waals surface area contributed by atoms with E-state index in [2.05, 4.69) is 42.0 Å². The fourth-order valence-electron chi connectivity index (χ4n) is 2.31. The molecular formula is C9H20N4. The molecule has 13 heavy (non-hydrogen) atoms. The second-order valence-electron chi connectivity index (χ2n) is 4.53. The van der Waals surface area contributed by atoms with Crippen LogP contribution in [0.4, 0.5) is 0 Å². The highest BCUT2D eigenvalue weighted by molar-refractivity contribution is 5.09. The molecule has 0 amide bonds. The molecule has 2 aliphatic heterocycles. The van der Waals surface area contributed by atoms with Crippen LogP contribution in [0.2, 0.25) is 0 Å². The Hall–Kier alpha value is -0.160. The van der Waals surface area contributed by atoms with Crippen molar-refractivity contribution in [3.63, 3.8) is 0 Å². The van der Waals surface area contributed by atoms with Crippen molar-refractivity contribution in [1.82, 2.24) is 21.3 Å². The van der Waals surface area contributed by atoms with Gasteiger partial charge in [-0.15, -0.1) is 0 Å². The van der Waals surface area contributed by atoms with E-state index < -0.39 is 0 Å². The lowest BCUT2D eigenvalue weighted by Gasteiger charge is -2.56. The Labute approximate surface area is 79.8 Å². The second-order valence-corrected chi connectivity index (χ2v) is 4.53. The minimum atomic E-state index is -0.0388. The molecule has 0 saturated carbocycles. The lowest BCUT2D eigenvalue weighted by molar-refractivity contribution is 0.0223. The molecule has 76 valence electrons. The summed E-state index contributed by atoms with van der Waals surface area (Å²) >= 11 is 0. The van der Waals surface area contributed by atoms with Gasteiger partial charge in [0.1, 0.15) is 0 Å². The zero-order valence-corrected chi connectivity index (χ0v) is 8.70. The van der Waals surface area contributed by atoms with Crippen molar-refractivity contribution >= 4 is 0 Å². The molecule has 2 fully saturated rings. The highest BCUT2D eigenvalue weighted by atomic mass is 15.4. The summed E-state index contributed by atoms with van der Waals surface area (Å²) in [6.45, 7) is 9.68. The summed E-state index contributed by atoms with van der Waals surface area (Å²) in [4.78, 5) is 0. The van der Waals surface area contributed by atoms with Crippen LogP contribution in [0.25, 0.3) is 0 Å². The van der Waals surface area contributed by atoms with E-state index in [0.717, 1.165) is 19.6 Å². The molecule has 4 N–H and O–H groups in total. The van der Waals surface area contributed by atoms with Crippen LogP contribution in [0.5, 0.6) is 0 Å². The first-order valence-corrected chi connectivity index (χ1v) is 5.08. The van der Waals surface area contributed by atoms with Crippen LogP contribution in [-0.2, 0) is 0 Å². The Kier molecular flexibility index (Phi) is 2.11. The summed E-state index contributed by atoms with van der Waals surface area (Å²) < 4.78 is 0. The molecule has 4 nitrogen and oxygen atoms in total. The zero-order chi connectivity index (χ0) is 9.53. The molecule has 0 spiro atoms. The van der Waals surface area contributed by atoms with Gasteiger partial charge in [0.25, 0.3) is 0 Å². The maximum Gasteiger partial charge on any atom is 0.0981 e. The standard InChI is InChI=1S/C9H20N4/c1-7-6-12-8(2)9(3,13-7)11-5-4-10-8/h7,10-13H,4-6H2,1-3H3/t7-,8-,9+/m0/s1. The van der Waals surface area contributed by atoms with E-state index in [9.17, 15) is 0 Å². The minimum Gasteiger partial charge on any atom is -0.296 e. The predicted molar refractivity (Wildman–Crippen MR) is 53.4 cm³/mol. The van der Waals surface area contributed by atoms with Crippen LogP contribution in [0.3, 0.4) is 0 Å². The first-order valence-electron chi connectivity index (χ1n) is 5.08. The van der Waals surface area contributed by atoms with E-state index in [4.69, 9.17) is 0 Å². The highest BCUT2D eigenvalue weighted by Gasteiger charge is 2.49. The fourth-order valence-corrected chi connectivity index (χ4v) is 2.31. The molecule has 2 rings (SSSR count). The van der Waals surface area contributed by atoms with Gasteiger partial charge in [0, 0.05) is 25.7 Å². The topological polar surface area (TPSA) is 48.1 Å². The van der Waals surface area contributed by atoms with Crippen molar-refractivity contribution in [2.24, 2.45) is 0 Å². The van der Waals surface area contributed by atoms with Gasteiger partial charge in [0.2, 0.25) is 0 Å². The van der Waals surface area contributed by atoms with E-state index >= 15 is 0 Å². The van der Waals surface area contributed by atoms with Crippen LogP contribution >= 0.6 is 0 Å². The smallest absolute Gasteiger partial charge is 0.0981 e. The van der Waals surface area contributed by atoms with Gasteiger partial charge in [0.05, 0.1) is 11.3 Å². The molecule has 2 saturated heterocycles. The molecule has 0 aromatic rings. The van der Waals surface area contributed by atoms with Crippen molar-refractivity contribution in [1.29, 1.82) is 0 Å². The highest BCUT2D eigenvalue weighted by Crippen LogP contribution is 2.22. The van der Waals surface area contributed by atoms with Crippen LogP contribution in [0.1, 0.15) is 20.8 Å². The van der Waals surface area contributed by atoms with Crippen molar-refractivity contribution < 1.29 is 0 Å². The van der Waals surface area contributed by atoms with Gasteiger partial charge in [-0.05, 0) is 20.8 Å². The Morgan fingerprint density at radius 1 is 1.00 bits per heavy atom. The zero-order valence-electron chi connectivity index (χ0n) is 8.70. The third-order valence-electron chi connectivity index (χ3n) is 3.38. The van der Waals surface area contributed by atoms with Gasteiger partial charge in [0.15, 0.2) is 0 Å². The van der Waals surface area contributed by atoms with Crippen molar-refractivity contribution in [2.45, 2.75) is 38.1 Å². The summed E-state index contributed by atoms with van der Waals surface area (Å²) in [5.41, 5.74) is -0.0688. The molecule has 0 aliphatic carbocycles. The normalized spacial score (nSPS) is 51.5. The molecular weight excluding hydrogens is 164 g/mol. The fraction of sp³-hybridized carbons (Fsp3) is 1.00. The lowest BCUT2D eigenvalue weighted by atomic mass is 9.89. The van der Waals surface area contributed by atoms with Crippen LogP contribution in [-0.4, -0.2) is 37.0 Å². The van der Waals surface area contributed by atoms with Crippen LogP contribution in [0, 0.1) is 0 Å². The Morgan fingerprint density at radius 3 is 2.31 bits per heavy atom. The first kappa shape index (κ1) is 9.40. The molecule has 3 atom stereocenters. The summed E-state index contributed by atoms with van der Waals surface area (Å²) in [6.07, 6.45) is 0. The van der Waals surface area contributed by atoms with E-state index in [-0.39, 0.29) is 11.3 Å². The summed E-state index contributed by atoms with van der Waals surface area (Å²) in [5, 5.41) is 14.2. The van der Waals surface area contributed by atoms with Crippen molar-refractivity contribution in [2.75, 3.05) is 19.6 Å². The Bertz CT molecular complexity index is 208. The first-order chi connectivity index (χ1) is 6.06. The van der Waals surface area contributed by atoms with Gasteiger partial charge < -0.3 is 0 Å². The average molecular weight is 184 g/mol. The quantitative estimate of drug-likeness (QED) is 0.398. The van der Waals surface area contributed by atoms with Crippen molar-refractivity contribution in [3.05, 3.63) is 0 Å². The number of fused-ring (bicyclic) bond motifs is 1. The Morgan fingerprint density at radius 2 is 1.62 bits per heavy atom. The monoisotopic (exact) mass is 184 g/mol. The van der Waals surface area contributed by atoms with E-state index in [1.165, 1.54) is 0 Å². The van der Waals surface area contributed by atoms with Gasteiger partial charge in [-0.25, -0.2) is 0 Å². The number of rotatable bonds is 0. The van der Waals surface area contributed by atoms with E-state index in [0.29, 0.717) is 6.04 Å². The van der Waals surface area contributed by atoms with Gasteiger partial charge in [-0.3, -0.25) is 21.3 Å². The van der Waals surface area contributed by atoms with Crippen LogP contribution in [0.15, 0.2) is 0 Å². The molecule has 0 bridgehead atoms. The molecule has 0 unspecified atom stereocenters. The number of nitrogens with one attached hydrogen (secondary N) is 4. The number of hydrogen-bond acceptors (Lipinski definition) is 4. The maximum absolute atomic E-state index is 3.60. The van der Waals surface area contributed by atoms with Gasteiger partial charge >= 0.3 is 0 Å². The Balaban J connectivity index is 2.20. The number of hydrogen-bond donors (Lipinski definition) is 4. The molecule has 4 heteroatoms. The van der Waals surface area contributed by atoms with E-state index in [1.807, 2.05) is 0 Å². The largest absolute Gasteiger partial charge is 0.296 e. The summed E-state index contributed by atoms with van der Waals surface area (Å²) in [7, 11) is 0. The third-order valence-corrected chi connectivity index (χ3v) is 3.38. The predicted octanol–water partition coefficient (Wildman–Crippen LogP) is -0.807. The molecule has 0 aromatic heterocycles. The maximum atomic E-state index is 3.60. The average Bonchev–Trinajstić information content (AvgIpc) is 2.07. The molecule has 0 radical (unpaired) electrons.